The number of nitrogens with zero attached hydrogens (tertiary/aromatic N) is 1. The Morgan fingerprint density at radius 2 is 1.80 bits per heavy atom. The molecule has 0 aliphatic carbocycles. The van der Waals surface area contributed by atoms with Crippen LogP contribution in [0.15, 0.2) is 30.3 Å². The number of hydrogen-bond acceptors (Lipinski definition) is 4. The number of amides is 2. The summed E-state index contributed by atoms with van der Waals surface area (Å²) in [6.07, 6.45) is 1.33. The van der Waals surface area contributed by atoms with E-state index in [0.29, 0.717) is 19.4 Å². The molecule has 0 aromatic heterocycles. The van der Waals surface area contributed by atoms with E-state index in [1.54, 1.807) is 25.7 Å². The number of rotatable bonds is 11. The smallest absolute Gasteiger partial charge is 0.407 e. The molecule has 1 aromatic rings. The SMILES string of the molecule is CCCCC(=O)N(Cc1ccccc1)CC(O)[C@H](CC(C)C)NC(=O)OC(C)(C)C. The lowest BCUT2D eigenvalue weighted by molar-refractivity contribution is -0.133. The van der Waals surface area contributed by atoms with E-state index >= 15 is 0 Å². The molecule has 170 valence electrons. The summed E-state index contributed by atoms with van der Waals surface area (Å²) in [5.41, 5.74) is 0.391. The van der Waals surface area contributed by atoms with E-state index in [1.807, 2.05) is 51.1 Å². The van der Waals surface area contributed by atoms with Crippen LogP contribution in [0.3, 0.4) is 0 Å². The molecule has 0 spiro atoms. The highest BCUT2D eigenvalue weighted by Crippen LogP contribution is 2.15. The van der Waals surface area contributed by atoms with Gasteiger partial charge in [0.1, 0.15) is 5.60 Å². The molecule has 1 unspecified atom stereocenters. The van der Waals surface area contributed by atoms with E-state index < -0.39 is 23.8 Å². The average molecular weight is 421 g/mol. The molecule has 0 bridgehead atoms. The largest absolute Gasteiger partial charge is 0.444 e. The van der Waals surface area contributed by atoms with Gasteiger partial charge in [0.2, 0.25) is 5.91 Å². The van der Waals surface area contributed by atoms with Gasteiger partial charge in [0.15, 0.2) is 0 Å². The van der Waals surface area contributed by atoms with Crippen molar-refractivity contribution in [3.8, 4) is 0 Å². The Hall–Kier alpha value is -2.08. The number of ether oxygens (including phenoxy) is 1. The molecular weight excluding hydrogens is 380 g/mol. The second-order valence-corrected chi connectivity index (χ2v) is 9.31. The van der Waals surface area contributed by atoms with Gasteiger partial charge in [-0.3, -0.25) is 4.79 Å². The van der Waals surface area contributed by atoms with Crippen molar-refractivity contribution in [3.63, 3.8) is 0 Å². The predicted molar refractivity (Wildman–Crippen MR) is 120 cm³/mol. The summed E-state index contributed by atoms with van der Waals surface area (Å²) in [7, 11) is 0. The van der Waals surface area contributed by atoms with E-state index in [0.717, 1.165) is 18.4 Å². The van der Waals surface area contributed by atoms with E-state index in [2.05, 4.69) is 5.32 Å². The van der Waals surface area contributed by atoms with Crippen molar-refractivity contribution >= 4 is 12.0 Å². The lowest BCUT2D eigenvalue weighted by Gasteiger charge is -2.32. The Morgan fingerprint density at radius 3 is 2.33 bits per heavy atom. The average Bonchev–Trinajstić information content (AvgIpc) is 2.63. The Kier molecular flexibility index (Phi) is 10.9. The van der Waals surface area contributed by atoms with Crippen molar-refractivity contribution in [1.29, 1.82) is 0 Å². The van der Waals surface area contributed by atoms with Crippen LogP contribution in [-0.2, 0) is 16.1 Å². The third-order valence-electron chi connectivity index (χ3n) is 4.61. The zero-order chi connectivity index (χ0) is 22.7. The number of aliphatic hydroxyl groups excluding tert-OH is 1. The number of aliphatic hydroxyl groups is 1. The fraction of sp³-hybridized carbons (Fsp3) is 0.667. The van der Waals surface area contributed by atoms with E-state index in [-0.39, 0.29) is 18.4 Å². The third-order valence-corrected chi connectivity index (χ3v) is 4.61. The number of alkyl carbamates (subject to hydrolysis) is 1. The molecule has 2 amide bonds. The van der Waals surface area contributed by atoms with Crippen molar-refractivity contribution in [2.24, 2.45) is 5.92 Å². The molecule has 1 rings (SSSR count). The maximum Gasteiger partial charge on any atom is 0.407 e. The Bertz CT molecular complexity index is 640. The van der Waals surface area contributed by atoms with Crippen molar-refractivity contribution in [3.05, 3.63) is 35.9 Å². The molecule has 0 saturated heterocycles. The van der Waals surface area contributed by atoms with Gasteiger partial charge in [0.25, 0.3) is 0 Å². The van der Waals surface area contributed by atoms with Crippen LogP contribution < -0.4 is 5.32 Å². The number of unbranched alkanes of at least 4 members (excludes halogenated alkanes) is 1. The van der Waals surface area contributed by atoms with Gasteiger partial charge in [0, 0.05) is 19.5 Å². The van der Waals surface area contributed by atoms with E-state index in [9.17, 15) is 14.7 Å². The summed E-state index contributed by atoms with van der Waals surface area (Å²) in [6.45, 7) is 12.1. The molecule has 0 fully saturated rings. The van der Waals surface area contributed by atoms with Gasteiger partial charge < -0.3 is 20.1 Å². The van der Waals surface area contributed by atoms with Gasteiger partial charge in [-0.25, -0.2) is 4.79 Å². The van der Waals surface area contributed by atoms with Gasteiger partial charge in [-0.1, -0.05) is 57.5 Å². The summed E-state index contributed by atoms with van der Waals surface area (Å²) < 4.78 is 5.36. The molecule has 6 nitrogen and oxygen atoms in total. The van der Waals surface area contributed by atoms with Crippen LogP contribution in [-0.4, -0.2) is 46.3 Å². The van der Waals surface area contributed by atoms with Gasteiger partial charge in [-0.2, -0.15) is 0 Å². The Labute approximate surface area is 182 Å². The standard InChI is InChI=1S/C24H40N2O4/c1-7-8-14-22(28)26(16-19-12-10-9-11-13-19)17-21(27)20(15-18(2)3)25-23(29)30-24(4,5)6/h9-13,18,20-21,27H,7-8,14-17H2,1-6H3,(H,25,29)/t20-,21?/m0/s1. The topological polar surface area (TPSA) is 78.9 Å². The number of hydrogen-bond donors (Lipinski definition) is 2. The van der Waals surface area contributed by atoms with Crippen LogP contribution in [0.1, 0.15) is 72.8 Å². The second-order valence-electron chi connectivity index (χ2n) is 9.31. The first-order valence-corrected chi connectivity index (χ1v) is 11.0. The first-order chi connectivity index (χ1) is 14.0. The molecular formula is C24H40N2O4. The quantitative estimate of drug-likeness (QED) is 0.552. The van der Waals surface area contributed by atoms with E-state index in [4.69, 9.17) is 4.74 Å². The van der Waals surface area contributed by atoms with Crippen LogP contribution >= 0.6 is 0 Å². The van der Waals surface area contributed by atoms with Crippen LogP contribution in [0.4, 0.5) is 4.79 Å². The summed E-state index contributed by atoms with van der Waals surface area (Å²) in [6, 6.07) is 9.24. The number of benzene rings is 1. The van der Waals surface area contributed by atoms with Gasteiger partial charge >= 0.3 is 6.09 Å². The van der Waals surface area contributed by atoms with Gasteiger partial charge in [-0.05, 0) is 45.1 Å². The molecule has 0 aliphatic rings. The van der Waals surface area contributed by atoms with Crippen LogP contribution in [0.5, 0.6) is 0 Å². The maximum atomic E-state index is 12.8. The number of nitrogens with one attached hydrogen (secondary N) is 1. The number of carbonyl (C=O) groups excluding carboxylic acids is 2. The third kappa shape index (κ3) is 10.6. The maximum absolute atomic E-state index is 12.8. The number of carbonyl (C=O) groups is 2. The van der Waals surface area contributed by atoms with Crippen LogP contribution in [0.25, 0.3) is 0 Å². The van der Waals surface area contributed by atoms with Crippen LogP contribution in [0.2, 0.25) is 0 Å². The van der Waals surface area contributed by atoms with Gasteiger partial charge in [-0.15, -0.1) is 0 Å². The summed E-state index contributed by atoms with van der Waals surface area (Å²) in [4.78, 5) is 26.8. The van der Waals surface area contributed by atoms with E-state index in [1.165, 1.54) is 0 Å². The zero-order valence-electron chi connectivity index (χ0n) is 19.5. The van der Waals surface area contributed by atoms with Crippen molar-refractivity contribution < 1.29 is 19.4 Å². The summed E-state index contributed by atoms with van der Waals surface area (Å²) >= 11 is 0. The Balaban J connectivity index is 2.91. The highest BCUT2D eigenvalue weighted by Gasteiger charge is 2.28. The monoisotopic (exact) mass is 420 g/mol. The fourth-order valence-electron chi connectivity index (χ4n) is 3.18. The molecule has 1 aromatic carbocycles. The van der Waals surface area contributed by atoms with Crippen molar-refractivity contribution in [1.82, 2.24) is 10.2 Å². The first-order valence-electron chi connectivity index (χ1n) is 11.0. The minimum absolute atomic E-state index is 0.0142. The van der Waals surface area contributed by atoms with Crippen LogP contribution in [0, 0.1) is 5.92 Å². The highest BCUT2D eigenvalue weighted by atomic mass is 16.6. The minimum Gasteiger partial charge on any atom is -0.444 e. The zero-order valence-corrected chi connectivity index (χ0v) is 19.5. The summed E-state index contributed by atoms with van der Waals surface area (Å²) in [5, 5.41) is 13.8. The molecule has 0 saturated carbocycles. The van der Waals surface area contributed by atoms with Crippen molar-refractivity contribution in [2.45, 2.75) is 91.5 Å². The lowest BCUT2D eigenvalue weighted by atomic mass is 9.98. The molecule has 30 heavy (non-hydrogen) atoms. The Morgan fingerprint density at radius 1 is 1.17 bits per heavy atom. The fourth-order valence-corrected chi connectivity index (χ4v) is 3.18. The normalized spacial score (nSPS) is 13.6. The lowest BCUT2D eigenvalue weighted by Crippen LogP contribution is -2.50. The highest BCUT2D eigenvalue weighted by molar-refractivity contribution is 5.76. The van der Waals surface area contributed by atoms with Crippen molar-refractivity contribution in [2.75, 3.05) is 6.54 Å². The molecule has 0 aliphatic heterocycles. The molecule has 6 heteroatoms. The molecule has 0 heterocycles. The summed E-state index contributed by atoms with van der Waals surface area (Å²) in [5.74, 6) is 0.276. The second kappa shape index (κ2) is 12.6. The molecule has 2 N–H and O–H groups in total. The predicted octanol–water partition coefficient (Wildman–Crippen LogP) is 4.51. The molecule has 0 radical (unpaired) electrons. The first kappa shape index (κ1) is 26.0. The van der Waals surface area contributed by atoms with Gasteiger partial charge in [0.05, 0.1) is 12.1 Å². The minimum atomic E-state index is -0.894. The molecule has 2 atom stereocenters.